The zero-order valence-corrected chi connectivity index (χ0v) is 17.3. The van der Waals surface area contributed by atoms with Gasteiger partial charge in [-0.25, -0.2) is 4.79 Å². The van der Waals surface area contributed by atoms with Gasteiger partial charge in [0.25, 0.3) is 5.91 Å². The van der Waals surface area contributed by atoms with Crippen molar-refractivity contribution in [3.05, 3.63) is 75.5 Å². The first-order valence-electron chi connectivity index (χ1n) is 8.77. The van der Waals surface area contributed by atoms with Crippen LogP contribution in [-0.2, 0) is 15.7 Å². The first-order valence-corrected chi connectivity index (χ1v) is 9.52. The van der Waals surface area contributed by atoms with Gasteiger partial charge in [0.1, 0.15) is 5.76 Å². The maximum absolute atomic E-state index is 12.8. The molecule has 6 nitrogen and oxygen atoms in total. The van der Waals surface area contributed by atoms with Crippen molar-refractivity contribution in [1.82, 2.24) is 0 Å². The molecule has 0 unspecified atom stereocenters. The molecule has 0 aliphatic rings. The average molecular weight is 486 g/mol. The van der Waals surface area contributed by atoms with Crippen LogP contribution in [0.2, 0.25) is 10.0 Å². The molecule has 3 aromatic rings. The molecule has 0 bridgehead atoms. The van der Waals surface area contributed by atoms with Crippen molar-refractivity contribution >= 4 is 47.1 Å². The van der Waals surface area contributed by atoms with E-state index in [2.05, 4.69) is 5.32 Å². The van der Waals surface area contributed by atoms with Crippen molar-refractivity contribution in [2.24, 2.45) is 0 Å². The van der Waals surface area contributed by atoms with Gasteiger partial charge in [-0.15, -0.1) is 0 Å². The van der Waals surface area contributed by atoms with E-state index in [9.17, 15) is 27.6 Å². The van der Waals surface area contributed by atoms with Gasteiger partial charge in [-0.3, -0.25) is 9.59 Å². The van der Waals surface area contributed by atoms with Crippen molar-refractivity contribution in [1.29, 1.82) is 0 Å². The van der Waals surface area contributed by atoms with Crippen LogP contribution >= 0.6 is 23.2 Å². The molecule has 1 heterocycles. The second-order valence-corrected chi connectivity index (χ2v) is 7.15. The lowest BCUT2D eigenvalue weighted by Gasteiger charge is -2.12. The molecule has 0 fully saturated rings. The van der Waals surface area contributed by atoms with Crippen LogP contribution in [-0.4, -0.2) is 24.8 Å². The van der Waals surface area contributed by atoms with Crippen LogP contribution in [0.25, 0.3) is 11.3 Å². The highest BCUT2D eigenvalue weighted by molar-refractivity contribution is 6.34. The molecule has 0 atom stereocenters. The van der Waals surface area contributed by atoms with E-state index in [1.165, 1.54) is 24.3 Å². The molecule has 0 spiro atoms. The van der Waals surface area contributed by atoms with Gasteiger partial charge in [0.05, 0.1) is 26.9 Å². The molecule has 1 aromatic heterocycles. The highest BCUT2D eigenvalue weighted by atomic mass is 35.5. The largest absolute Gasteiger partial charge is 0.453 e. The van der Waals surface area contributed by atoms with Crippen molar-refractivity contribution in [3.63, 3.8) is 0 Å². The fraction of sp³-hybridized carbons (Fsp3) is 0.0952. The Kier molecular flexibility index (Phi) is 6.90. The second kappa shape index (κ2) is 9.46. The Morgan fingerprint density at radius 1 is 1.03 bits per heavy atom. The van der Waals surface area contributed by atoms with Crippen molar-refractivity contribution in [2.45, 2.75) is 6.18 Å². The third kappa shape index (κ3) is 5.49. The minimum absolute atomic E-state index is 0.0299. The van der Waals surface area contributed by atoms with E-state index in [0.29, 0.717) is 23.7 Å². The molecule has 11 heteroatoms. The van der Waals surface area contributed by atoms with Gasteiger partial charge in [0.2, 0.25) is 0 Å². The summed E-state index contributed by atoms with van der Waals surface area (Å²) in [4.78, 5) is 35.2. The Hall–Kier alpha value is -3.30. The quantitative estimate of drug-likeness (QED) is 0.348. The zero-order chi connectivity index (χ0) is 23.5. The van der Waals surface area contributed by atoms with E-state index in [1.807, 2.05) is 0 Å². The van der Waals surface area contributed by atoms with Crippen LogP contribution in [0.1, 0.15) is 26.5 Å². The molecule has 1 amide bonds. The Morgan fingerprint density at radius 3 is 2.41 bits per heavy atom. The number of hydrogen-bond donors (Lipinski definition) is 1. The summed E-state index contributed by atoms with van der Waals surface area (Å²) in [6, 6.07) is 9.69. The standard InChI is InChI=1S/C21H12Cl2F3NO5/c22-15-4-1-11(18-6-3-13(9-28)32-18)7-14(15)20(30)31-10-19(29)27-17-8-12(21(24,25)26)2-5-16(17)23/h1-9H,10H2,(H,27,29). The first-order chi connectivity index (χ1) is 15.1. The fourth-order valence-corrected chi connectivity index (χ4v) is 2.96. The molecule has 2 aromatic carbocycles. The van der Waals surface area contributed by atoms with E-state index in [-0.39, 0.29) is 27.1 Å². The number of halogens is 5. The number of hydrogen-bond acceptors (Lipinski definition) is 5. The SMILES string of the molecule is O=Cc1ccc(-c2ccc(Cl)c(C(=O)OCC(=O)Nc3cc(C(F)(F)F)ccc3Cl)c2)o1. The molecule has 3 rings (SSSR count). The number of aldehydes is 1. The minimum Gasteiger partial charge on any atom is -0.453 e. The summed E-state index contributed by atoms with van der Waals surface area (Å²) in [5.41, 5.74) is -0.951. The molecular weight excluding hydrogens is 474 g/mol. The lowest BCUT2D eigenvalue weighted by atomic mass is 10.1. The molecule has 0 saturated carbocycles. The number of carbonyl (C=O) groups is 3. The van der Waals surface area contributed by atoms with Crippen molar-refractivity contribution < 1.29 is 36.7 Å². The summed E-state index contributed by atoms with van der Waals surface area (Å²) in [6.45, 7) is -0.804. The molecule has 1 N–H and O–H groups in total. The highest BCUT2D eigenvalue weighted by Gasteiger charge is 2.31. The number of amides is 1. The summed E-state index contributed by atoms with van der Waals surface area (Å²) in [6.07, 6.45) is -4.11. The molecule has 0 saturated heterocycles. The molecule has 166 valence electrons. The highest BCUT2D eigenvalue weighted by Crippen LogP contribution is 2.34. The topological polar surface area (TPSA) is 85.6 Å². The molecule has 0 aliphatic heterocycles. The van der Waals surface area contributed by atoms with Gasteiger partial charge >= 0.3 is 12.1 Å². The second-order valence-electron chi connectivity index (χ2n) is 6.33. The van der Waals surface area contributed by atoms with Crippen molar-refractivity contribution in [2.75, 3.05) is 11.9 Å². The molecule has 32 heavy (non-hydrogen) atoms. The number of ether oxygens (including phenoxy) is 1. The normalized spacial score (nSPS) is 11.2. The van der Waals surface area contributed by atoms with Gasteiger partial charge < -0.3 is 14.5 Å². The van der Waals surface area contributed by atoms with Crippen molar-refractivity contribution in [3.8, 4) is 11.3 Å². The number of alkyl halides is 3. The number of rotatable bonds is 6. The van der Waals surface area contributed by atoms with Crippen LogP contribution in [0.5, 0.6) is 0 Å². The third-order valence-electron chi connectivity index (χ3n) is 4.12. The number of furan rings is 1. The Morgan fingerprint density at radius 2 is 1.75 bits per heavy atom. The van der Waals surface area contributed by atoms with Gasteiger partial charge in [-0.1, -0.05) is 23.2 Å². The average Bonchev–Trinajstić information content (AvgIpc) is 3.22. The predicted octanol–water partition coefficient (Wildman–Crippen LogP) is 5.88. The fourth-order valence-electron chi connectivity index (χ4n) is 2.60. The summed E-state index contributed by atoms with van der Waals surface area (Å²) < 4.78 is 48.7. The summed E-state index contributed by atoms with van der Waals surface area (Å²) >= 11 is 11.8. The maximum atomic E-state index is 12.8. The van der Waals surface area contributed by atoms with Crippen LogP contribution < -0.4 is 5.32 Å². The molecule has 0 radical (unpaired) electrons. The summed E-state index contributed by atoms with van der Waals surface area (Å²) in [5, 5.41) is 2.07. The van der Waals surface area contributed by atoms with Gasteiger partial charge in [0.15, 0.2) is 18.7 Å². The van der Waals surface area contributed by atoms with Gasteiger partial charge in [-0.05, 0) is 48.5 Å². The number of benzene rings is 2. The third-order valence-corrected chi connectivity index (χ3v) is 4.78. The predicted molar refractivity (Wildman–Crippen MR) is 110 cm³/mol. The van der Waals surface area contributed by atoms with Crippen LogP contribution in [0.4, 0.5) is 18.9 Å². The molecule has 0 aliphatic carbocycles. The summed E-state index contributed by atoms with van der Waals surface area (Å²) in [7, 11) is 0. The lowest BCUT2D eigenvalue weighted by Crippen LogP contribution is -2.21. The number of nitrogens with one attached hydrogen (secondary N) is 1. The van der Waals surface area contributed by atoms with E-state index < -0.39 is 30.2 Å². The first kappa shape index (κ1) is 23.4. The number of carbonyl (C=O) groups excluding carboxylic acids is 3. The van der Waals surface area contributed by atoms with E-state index in [1.54, 1.807) is 6.07 Å². The summed E-state index contributed by atoms with van der Waals surface area (Å²) in [5.74, 6) is -1.48. The maximum Gasteiger partial charge on any atom is 0.416 e. The van der Waals surface area contributed by atoms with Crippen LogP contribution in [0.3, 0.4) is 0 Å². The molecular formula is C21H12Cl2F3NO5. The Balaban J connectivity index is 1.69. The zero-order valence-electron chi connectivity index (χ0n) is 15.8. The van der Waals surface area contributed by atoms with E-state index >= 15 is 0 Å². The number of anilines is 1. The van der Waals surface area contributed by atoms with Gasteiger partial charge in [-0.2, -0.15) is 13.2 Å². The van der Waals surface area contributed by atoms with E-state index in [4.69, 9.17) is 32.4 Å². The Bertz CT molecular complexity index is 1190. The monoisotopic (exact) mass is 485 g/mol. The van der Waals surface area contributed by atoms with Crippen LogP contribution in [0, 0.1) is 0 Å². The number of esters is 1. The van der Waals surface area contributed by atoms with Crippen LogP contribution in [0.15, 0.2) is 52.9 Å². The smallest absolute Gasteiger partial charge is 0.416 e. The lowest BCUT2D eigenvalue weighted by molar-refractivity contribution is -0.137. The van der Waals surface area contributed by atoms with Gasteiger partial charge in [0, 0.05) is 5.56 Å². The minimum atomic E-state index is -4.63. The van der Waals surface area contributed by atoms with E-state index in [0.717, 1.165) is 12.1 Å². The Labute approximate surface area is 188 Å².